The number of rotatable bonds is 9. The molecule has 1 aromatic heterocycles. The van der Waals surface area contributed by atoms with Crippen LogP contribution in [0.2, 0.25) is 0 Å². The van der Waals surface area contributed by atoms with Gasteiger partial charge in [0.1, 0.15) is 17.1 Å². The standard InChI is InChI=1S/C18H31N3O4/c1-6-19-17(20-10-8-7-9-16(22)24-5)21-12-18(4,23)15-11-13(2)25-14(15)3/h11,23H,6-10,12H2,1-5H3,(H2,19,20,21). The first kappa shape index (κ1) is 21.0. The zero-order valence-corrected chi connectivity index (χ0v) is 15.9. The van der Waals surface area contributed by atoms with Crippen LogP contribution in [-0.2, 0) is 15.1 Å². The van der Waals surface area contributed by atoms with Gasteiger partial charge in [-0.25, -0.2) is 4.99 Å². The Morgan fingerprint density at radius 1 is 1.36 bits per heavy atom. The average Bonchev–Trinajstić information content (AvgIpc) is 2.91. The maximum absolute atomic E-state index is 11.1. The number of furan rings is 1. The zero-order chi connectivity index (χ0) is 18.9. The summed E-state index contributed by atoms with van der Waals surface area (Å²) in [5.74, 6) is 1.92. The monoisotopic (exact) mass is 353 g/mol. The number of carbonyl (C=O) groups is 1. The van der Waals surface area contributed by atoms with E-state index in [4.69, 9.17) is 4.42 Å². The highest BCUT2D eigenvalue weighted by atomic mass is 16.5. The van der Waals surface area contributed by atoms with Crippen molar-refractivity contribution in [3.63, 3.8) is 0 Å². The summed E-state index contributed by atoms with van der Waals surface area (Å²) in [4.78, 5) is 15.5. The molecular formula is C18H31N3O4. The molecule has 1 unspecified atom stereocenters. The number of carbonyl (C=O) groups excluding carboxylic acids is 1. The number of hydrogen-bond donors (Lipinski definition) is 3. The van der Waals surface area contributed by atoms with E-state index in [9.17, 15) is 9.90 Å². The number of unbranched alkanes of at least 4 members (excludes halogenated alkanes) is 1. The molecular weight excluding hydrogens is 322 g/mol. The topological polar surface area (TPSA) is 96.1 Å². The number of aryl methyl sites for hydroxylation is 2. The van der Waals surface area contributed by atoms with Gasteiger partial charge in [0.25, 0.3) is 0 Å². The fraction of sp³-hybridized carbons (Fsp3) is 0.667. The number of guanidine groups is 1. The largest absolute Gasteiger partial charge is 0.469 e. The molecule has 0 amide bonds. The second-order valence-electron chi connectivity index (χ2n) is 6.26. The number of hydrogen-bond acceptors (Lipinski definition) is 5. The van der Waals surface area contributed by atoms with E-state index in [1.807, 2.05) is 26.8 Å². The van der Waals surface area contributed by atoms with Crippen molar-refractivity contribution < 1.29 is 19.1 Å². The van der Waals surface area contributed by atoms with Gasteiger partial charge in [0, 0.05) is 25.1 Å². The van der Waals surface area contributed by atoms with Crippen LogP contribution in [-0.4, -0.2) is 43.8 Å². The van der Waals surface area contributed by atoms with Crippen LogP contribution >= 0.6 is 0 Å². The summed E-state index contributed by atoms with van der Waals surface area (Å²) in [5.41, 5.74) is -0.350. The van der Waals surface area contributed by atoms with Crippen LogP contribution < -0.4 is 10.6 Å². The Kier molecular flexibility index (Phi) is 8.48. The van der Waals surface area contributed by atoms with E-state index >= 15 is 0 Å². The minimum Gasteiger partial charge on any atom is -0.469 e. The lowest BCUT2D eigenvalue weighted by molar-refractivity contribution is -0.140. The maximum Gasteiger partial charge on any atom is 0.305 e. The van der Waals surface area contributed by atoms with Crippen LogP contribution in [0.5, 0.6) is 0 Å². The van der Waals surface area contributed by atoms with E-state index in [0.29, 0.717) is 24.7 Å². The Labute approximate surface area is 149 Å². The molecule has 1 heterocycles. The molecule has 0 aliphatic rings. The van der Waals surface area contributed by atoms with Crippen molar-refractivity contribution in [2.75, 3.05) is 26.7 Å². The smallest absolute Gasteiger partial charge is 0.305 e. The number of nitrogens with one attached hydrogen (secondary N) is 2. The summed E-state index contributed by atoms with van der Waals surface area (Å²) >= 11 is 0. The van der Waals surface area contributed by atoms with Gasteiger partial charge in [-0.2, -0.15) is 0 Å². The van der Waals surface area contributed by atoms with Gasteiger partial charge < -0.3 is 24.9 Å². The Morgan fingerprint density at radius 3 is 2.64 bits per heavy atom. The highest BCUT2D eigenvalue weighted by Crippen LogP contribution is 2.27. The van der Waals surface area contributed by atoms with E-state index in [-0.39, 0.29) is 12.5 Å². The number of aliphatic imine (C=N–C) groups is 1. The lowest BCUT2D eigenvalue weighted by Gasteiger charge is -2.21. The molecule has 0 fully saturated rings. The SMILES string of the molecule is CCNC(=NCC(C)(O)c1cc(C)oc1C)NCCCCC(=O)OC. The summed E-state index contributed by atoms with van der Waals surface area (Å²) in [6, 6.07) is 1.85. The third kappa shape index (κ3) is 7.17. The molecule has 1 rings (SSSR count). The first-order chi connectivity index (χ1) is 11.8. The van der Waals surface area contributed by atoms with Crippen LogP contribution in [0.1, 0.15) is 50.2 Å². The van der Waals surface area contributed by atoms with Crippen molar-refractivity contribution >= 4 is 11.9 Å². The second-order valence-corrected chi connectivity index (χ2v) is 6.26. The van der Waals surface area contributed by atoms with Gasteiger partial charge >= 0.3 is 5.97 Å². The van der Waals surface area contributed by atoms with Gasteiger partial charge in [-0.3, -0.25) is 4.79 Å². The molecule has 3 N–H and O–H groups in total. The van der Waals surface area contributed by atoms with Crippen LogP contribution in [0.3, 0.4) is 0 Å². The van der Waals surface area contributed by atoms with Gasteiger partial charge in [0.2, 0.25) is 0 Å². The summed E-state index contributed by atoms with van der Waals surface area (Å²) < 4.78 is 10.1. The van der Waals surface area contributed by atoms with Crippen molar-refractivity contribution in [2.24, 2.45) is 4.99 Å². The van der Waals surface area contributed by atoms with E-state index < -0.39 is 5.60 Å². The molecule has 1 aromatic rings. The maximum atomic E-state index is 11.1. The van der Waals surface area contributed by atoms with Crippen molar-refractivity contribution in [3.05, 3.63) is 23.2 Å². The zero-order valence-electron chi connectivity index (χ0n) is 15.9. The quantitative estimate of drug-likeness (QED) is 0.272. The van der Waals surface area contributed by atoms with Gasteiger partial charge in [-0.05, 0) is 46.6 Å². The lowest BCUT2D eigenvalue weighted by Crippen LogP contribution is -2.39. The van der Waals surface area contributed by atoms with Gasteiger partial charge in [-0.15, -0.1) is 0 Å². The Balaban J connectivity index is 2.56. The van der Waals surface area contributed by atoms with Gasteiger partial charge in [0.15, 0.2) is 5.96 Å². The Morgan fingerprint density at radius 2 is 2.08 bits per heavy atom. The molecule has 25 heavy (non-hydrogen) atoms. The fourth-order valence-corrected chi connectivity index (χ4v) is 2.53. The van der Waals surface area contributed by atoms with Crippen LogP contribution in [0.25, 0.3) is 0 Å². The molecule has 7 heteroatoms. The van der Waals surface area contributed by atoms with Crippen molar-refractivity contribution in [1.29, 1.82) is 0 Å². The number of methoxy groups -OCH3 is 1. The molecule has 0 saturated carbocycles. The normalized spacial score (nSPS) is 14.1. The molecule has 0 bridgehead atoms. The third-order valence-corrected chi connectivity index (χ3v) is 3.84. The lowest BCUT2D eigenvalue weighted by atomic mass is 9.96. The highest BCUT2D eigenvalue weighted by molar-refractivity contribution is 5.79. The van der Waals surface area contributed by atoms with E-state index in [1.165, 1.54) is 7.11 Å². The van der Waals surface area contributed by atoms with Crippen LogP contribution in [0, 0.1) is 13.8 Å². The molecule has 0 spiro atoms. The van der Waals surface area contributed by atoms with Crippen LogP contribution in [0.4, 0.5) is 0 Å². The average molecular weight is 353 g/mol. The molecule has 0 saturated heterocycles. The Hall–Kier alpha value is -2.02. The summed E-state index contributed by atoms with van der Waals surface area (Å²) in [5, 5.41) is 17.1. The molecule has 0 aromatic carbocycles. The van der Waals surface area contributed by atoms with Crippen molar-refractivity contribution in [3.8, 4) is 0 Å². The fourth-order valence-electron chi connectivity index (χ4n) is 2.53. The van der Waals surface area contributed by atoms with E-state index in [1.54, 1.807) is 6.92 Å². The molecule has 0 aliphatic carbocycles. The minimum atomic E-state index is -1.10. The number of aliphatic hydroxyl groups is 1. The second kappa shape index (κ2) is 10.1. The summed E-state index contributed by atoms with van der Waals surface area (Å²) in [6.45, 7) is 9.03. The summed E-state index contributed by atoms with van der Waals surface area (Å²) in [6.07, 6.45) is 2.00. The third-order valence-electron chi connectivity index (χ3n) is 3.84. The van der Waals surface area contributed by atoms with Crippen LogP contribution in [0.15, 0.2) is 15.5 Å². The van der Waals surface area contributed by atoms with E-state index in [0.717, 1.165) is 30.7 Å². The molecule has 0 aliphatic heterocycles. The number of nitrogens with zero attached hydrogens (tertiary/aromatic N) is 1. The molecule has 1 atom stereocenters. The number of ether oxygens (including phenoxy) is 1. The summed E-state index contributed by atoms with van der Waals surface area (Å²) in [7, 11) is 1.39. The first-order valence-corrected chi connectivity index (χ1v) is 8.69. The number of esters is 1. The van der Waals surface area contributed by atoms with Gasteiger partial charge in [0.05, 0.1) is 13.7 Å². The van der Waals surface area contributed by atoms with Crippen molar-refractivity contribution in [1.82, 2.24) is 10.6 Å². The minimum absolute atomic E-state index is 0.192. The molecule has 0 radical (unpaired) electrons. The van der Waals surface area contributed by atoms with Gasteiger partial charge in [-0.1, -0.05) is 0 Å². The van der Waals surface area contributed by atoms with E-state index in [2.05, 4.69) is 20.4 Å². The Bertz CT molecular complexity index is 579. The predicted octanol–water partition coefficient (Wildman–Crippen LogP) is 2.00. The predicted molar refractivity (Wildman–Crippen MR) is 97.6 cm³/mol. The first-order valence-electron chi connectivity index (χ1n) is 8.69. The highest BCUT2D eigenvalue weighted by Gasteiger charge is 2.27. The molecule has 7 nitrogen and oxygen atoms in total. The van der Waals surface area contributed by atoms with Crippen molar-refractivity contribution in [2.45, 2.75) is 52.6 Å². The molecule has 142 valence electrons.